The van der Waals surface area contributed by atoms with E-state index in [0.29, 0.717) is 0 Å². The number of aliphatic hydroxyl groups is 2. The zero-order valence-corrected chi connectivity index (χ0v) is 10.2. The van der Waals surface area contributed by atoms with Crippen LogP contribution in [0.5, 0.6) is 0 Å². The van der Waals surface area contributed by atoms with Gasteiger partial charge in [-0.3, -0.25) is 0 Å². The molecule has 15 heavy (non-hydrogen) atoms. The van der Waals surface area contributed by atoms with Crippen molar-refractivity contribution in [3.8, 4) is 0 Å². The first-order valence-corrected chi connectivity index (χ1v) is 5.70. The monoisotopic (exact) mass is 273 g/mol. The molecule has 1 aromatic rings. The van der Waals surface area contributed by atoms with Crippen molar-refractivity contribution < 1.29 is 10.2 Å². The number of hydrogen-bond acceptors (Lipinski definition) is 3. The molecule has 0 spiro atoms. The summed E-state index contributed by atoms with van der Waals surface area (Å²) in [7, 11) is 0. The third-order valence-electron chi connectivity index (χ3n) is 2.30. The Morgan fingerprint density at radius 3 is 2.40 bits per heavy atom. The summed E-state index contributed by atoms with van der Waals surface area (Å²) < 4.78 is 1.03. The van der Waals surface area contributed by atoms with E-state index in [-0.39, 0.29) is 25.3 Å². The summed E-state index contributed by atoms with van der Waals surface area (Å²) in [5.41, 5.74) is 1.12. The first kappa shape index (κ1) is 12.6. The molecule has 0 aliphatic carbocycles. The van der Waals surface area contributed by atoms with Crippen LogP contribution in [0, 0.1) is 0 Å². The summed E-state index contributed by atoms with van der Waals surface area (Å²) in [5.74, 6) is 0. The number of hydrogen-bond donors (Lipinski definition) is 3. The molecule has 3 N–H and O–H groups in total. The highest BCUT2D eigenvalue weighted by atomic mass is 79.9. The molecule has 0 aliphatic heterocycles. The van der Waals surface area contributed by atoms with Crippen molar-refractivity contribution in [1.29, 1.82) is 0 Å². The molecule has 3 nitrogen and oxygen atoms in total. The number of nitrogens with one attached hydrogen (secondary N) is 1. The maximum atomic E-state index is 8.96. The highest BCUT2D eigenvalue weighted by Gasteiger charge is 2.13. The van der Waals surface area contributed by atoms with E-state index >= 15 is 0 Å². The average molecular weight is 274 g/mol. The second-order valence-electron chi connectivity index (χ2n) is 3.47. The lowest BCUT2D eigenvalue weighted by Gasteiger charge is -2.21. The Hall–Kier alpha value is -0.420. The predicted molar refractivity (Wildman–Crippen MR) is 63.7 cm³/mol. The van der Waals surface area contributed by atoms with Gasteiger partial charge in [-0.2, -0.15) is 0 Å². The molecule has 84 valence electrons. The molecule has 0 saturated heterocycles. The van der Waals surface area contributed by atoms with Gasteiger partial charge in [-0.15, -0.1) is 0 Å². The summed E-state index contributed by atoms with van der Waals surface area (Å²) in [4.78, 5) is 0. The van der Waals surface area contributed by atoms with Crippen molar-refractivity contribution in [2.75, 3.05) is 13.2 Å². The van der Waals surface area contributed by atoms with E-state index < -0.39 is 0 Å². The third kappa shape index (κ3) is 3.57. The van der Waals surface area contributed by atoms with E-state index in [9.17, 15) is 0 Å². The normalized spacial score (nSPS) is 13.1. The van der Waals surface area contributed by atoms with Crippen molar-refractivity contribution in [2.24, 2.45) is 0 Å². The van der Waals surface area contributed by atoms with Crippen LogP contribution in [0.2, 0.25) is 0 Å². The second-order valence-corrected chi connectivity index (χ2v) is 4.33. The molecule has 1 aromatic carbocycles. The van der Waals surface area contributed by atoms with E-state index in [1.54, 1.807) is 0 Å². The van der Waals surface area contributed by atoms with Gasteiger partial charge in [0, 0.05) is 10.5 Å². The molecule has 1 rings (SSSR count). The van der Waals surface area contributed by atoms with E-state index in [2.05, 4.69) is 21.2 Å². The molecule has 4 heteroatoms. The van der Waals surface area contributed by atoms with Gasteiger partial charge in [0.05, 0.1) is 19.3 Å². The number of aliphatic hydroxyl groups excluding tert-OH is 2. The van der Waals surface area contributed by atoms with Gasteiger partial charge in [0.2, 0.25) is 0 Å². The Bertz CT molecular complexity index is 302. The van der Waals surface area contributed by atoms with Gasteiger partial charge in [-0.25, -0.2) is 0 Å². The Morgan fingerprint density at radius 1 is 1.27 bits per heavy atom. The SMILES string of the molecule is CC(NC(CO)CO)c1ccccc1Br. The van der Waals surface area contributed by atoms with E-state index in [0.717, 1.165) is 10.0 Å². The average Bonchev–Trinajstić information content (AvgIpc) is 2.26. The molecule has 0 radical (unpaired) electrons. The summed E-state index contributed by atoms with van der Waals surface area (Å²) >= 11 is 3.47. The zero-order valence-electron chi connectivity index (χ0n) is 8.65. The maximum Gasteiger partial charge on any atom is 0.0607 e. The van der Waals surface area contributed by atoms with E-state index in [1.807, 2.05) is 31.2 Å². The largest absolute Gasteiger partial charge is 0.395 e. The van der Waals surface area contributed by atoms with E-state index in [1.165, 1.54) is 0 Å². The third-order valence-corrected chi connectivity index (χ3v) is 3.02. The highest BCUT2D eigenvalue weighted by Crippen LogP contribution is 2.22. The van der Waals surface area contributed by atoms with Gasteiger partial charge in [0.25, 0.3) is 0 Å². The summed E-state index contributed by atoms with van der Waals surface area (Å²) in [6.07, 6.45) is 0. The molecule has 0 fully saturated rings. The van der Waals surface area contributed by atoms with Crippen LogP contribution >= 0.6 is 15.9 Å². The molecule has 1 unspecified atom stereocenters. The van der Waals surface area contributed by atoms with Gasteiger partial charge in [-0.05, 0) is 18.6 Å². The predicted octanol–water partition coefficient (Wildman–Crippen LogP) is 1.45. The lowest BCUT2D eigenvalue weighted by Crippen LogP contribution is -2.37. The lowest BCUT2D eigenvalue weighted by atomic mass is 10.1. The minimum Gasteiger partial charge on any atom is -0.395 e. The molecule has 0 heterocycles. The lowest BCUT2D eigenvalue weighted by molar-refractivity contribution is 0.163. The van der Waals surface area contributed by atoms with E-state index in [4.69, 9.17) is 10.2 Å². The van der Waals surface area contributed by atoms with Gasteiger partial charge >= 0.3 is 0 Å². The first-order chi connectivity index (χ1) is 7.19. The molecule has 1 atom stereocenters. The van der Waals surface area contributed by atoms with Crippen LogP contribution in [0.4, 0.5) is 0 Å². The van der Waals surface area contributed by atoms with Crippen LogP contribution in [-0.2, 0) is 0 Å². The first-order valence-electron chi connectivity index (χ1n) is 4.91. The fourth-order valence-electron chi connectivity index (χ4n) is 1.43. The zero-order chi connectivity index (χ0) is 11.3. The van der Waals surface area contributed by atoms with Crippen molar-refractivity contribution in [3.63, 3.8) is 0 Å². The molecular weight excluding hydrogens is 258 g/mol. The van der Waals surface area contributed by atoms with Gasteiger partial charge < -0.3 is 15.5 Å². The van der Waals surface area contributed by atoms with Crippen LogP contribution in [0.25, 0.3) is 0 Å². The Balaban J connectivity index is 2.68. The van der Waals surface area contributed by atoms with Crippen molar-refractivity contribution in [1.82, 2.24) is 5.32 Å². The molecule has 0 bridgehead atoms. The van der Waals surface area contributed by atoms with Gasteiger partial charge in [-0.1, -0.05) is 34.1 Å². The van der Waals surface area contributed by atoms with Gasteiger partial charge in [0.1, 0.15) is 0 Å². The summed E-state index contributed by atoms with van der Waals surface area (Å²) in [6, 6.07) is 7.71. The Morgan fingerprint density at radius 2 is 1.87 bits per heavy atom. The van der Waals surface area contributed by atoms with Crippen LogP contribution in [-0.4, -0.2) is 29.5 Å². The fraction of sp³-hybridized carbons (Fsp3) is 0.455. The van der Waals surface area contributed by atoms with Crippen molar-refractivity contribution in [3.05, 3.63) is 34.3 Å². The van der Waals surface area contributed by atoms with Crippen LogP contribution in [0.3, 0.4) is 0 Å². The number of benzene rings is 1. The molecule has 0 amide bonds. The number of rotatable bonds is 5. The van der Waals surface area contributed by atoms with Crippen molar-refractivity contribution >= 4 is 15.9 Å². The van der Waals surface area contributed by atoms with Crippen LogP contribution < -0.4 is 5.32 Å². The summed E-state index contributed by atoms with van der Waals surface area (Å²) in [6.45, 7) is 1.87. The highest BCUT2D eigenvalue weighted by molar-refractivity contribution is 9.10. The Labute approximate surface area is 98.3 Å². The number of halogens is 1. The molecule has 0 aliphatic rings. The minimum absolute atomic E-state index is 0.0642. The topological polar surface area (TPSA) is 52.5 Å². The standard InChI is InChI=1S/C11H16BrNO2/c1-8(13-9(6-14)7-15)10-4-2-3-5-11(10)12/h2-5,8-9,13-15H,6-7H2,1H3. The minimum atomic E-state index is -0.271. The molecule has 0 saturated carbocycles. The van der Waals surface area contributed by atoms with Crippen LogP contribution in [0.1, 0.15) is 18.5 Å². The van der Waals surface area contributed by atoms with Crippen molar-refractivity contribution in [2.45, 2.75) is 19.0 Å². The maximum absolute atomic E-state index is 8.96. The smallest absolute Gasteiger partial charge is 0.0607 e. The van der Waals surface area contributed by atoms with Gasteiger partial charge in [0.15, 0.2) is 0 Å². The van der Waals surface area contributed by atoms with Crippen LogP contribution in [0.15, 0.2) is 28.7 Å². The summed E-state index contributed by atoms with van der Waals surface area (Å²) in [5, 5.41) is 21.1. The second kappa shape index (κ2) is 6.23. The fourth-order valence-corrected chi connectivity index (χ4v) is 2.06. The molecular formula is C11H16BrNO2. The quantitative estimate of drug-likeness (QED) is 0.761. The Kier molecular flexibility index (Phi) is 5.25. The molecule has 0 aromatic heterocycles.